The van der Waals surface area contributed by atoms with E-state index in [4.69, 9.17) is 9.52 Å². The highest BCUT2D eigenvalue weighted by Crippen LogP contribution is 2.11. The van der Waals surface area contributed by atoms with Crippen molar-refractivity contribution in [1.29, 1.82) is 0 Å². The molecule has 1 fully saturated rings. The molecule has 0 radical (unpaired) electrons. The van der Waals surface area contributed by atoms with Gasteiger partial charge in [-0.3, -0.25) is 4.90 Å². The Labute approximate surface area is 123 Å². The van der Waals surface area contributed by atoms with Gasteiger partial charge in [-0.1, -0.05) is 6.92 Å². The predicted octanol–water partition coefficient (Wildman–Crippen LogP) is 1.21. The molecule has 2 rings (SSSR count). The summed E-state index contributed by atoms with van der Waals surface area (Å²) in [5.74, 6) is -0.802. The van der Waals surface area contributed by atoms with E-state index in [1.54, 1.807) is 11.0 Å². The number of furan rings is 1. The average Bonchev–Trinajstić information content (AvgIpc) is 2.94. The van der Waals surface area contributed by atoms with Gasteiger partial charge < -0.3 is 19.7 Å². The lowest BCUT2D eigenvalue weighted by Crippen LogP contribution is -2.55. The molecule has 1 aromatic heterocycles. The molecule has 1 unspecified atom stereocenters. The number of likely N-dealkylation sites (N-methyl/N-ethyl adjacent to an activating group) is 1. The summed E-state index contributed by atoms with van der Waals surface area (Å²) in [6, 6.07) is 3.18. The van der Waals surface area contributed by atoms with Crippen LogP contribution in [0, 0.1) is 0 Å². The minimum absolute atomic E-state index is 0.120. The van der Waals surface area contributed by atoms with Crippen LogP contribution in [-0.2, 0) is 6.54 Å². The molecule has 2 heterocycles. The normalized spacial score (nSPS) is 19.5. The largest absolute Gasteiger partial charge is 0.475 e. The summed E-state index contributed by atoms with van der Waals surface area (Å²) >= 11 is 0. The summed E-state index contributed by atoms with van der Waals surface area (Å²) in [7, 11) is 2.07. The third-order valence-corrected chi connectivity index (χ3v) is 3.82. The summed E-state index contributed by atoms with van der Waals surface area (Å²) in [4.78, 5) is 26.9. The summed E-state index contributed by atoms with van der Waals surface area (Å²) in [5, 5.41) is 11.5. The Bertz CT molecular complexity index is 514. The number of carboxylic acids is 1. The van der Waals surface area contributed by atoms with Crippen molar-refractivity contribution in [3.63, 3.8) is 0 Å². The Morgan fingerprint density at radius 1 is 1.43 bits per heavy atom. The van der Waals surface area contributed by atoms with Gasteiger partial charge in [0.1, 0.15) is 5.76 Å². The highest BCUT2D eigenvalue weighted by atomic mass is 16.4. The molecule has 1 saturated heterocycles. The van der Waals surface area contributed by atoms with Crippen LogP contribution in [0.5, 0.6) is 0 Å². The van der Waals surface area contributed by atoms with Gasteiger partial charge in [-0.25, -0.2) is 9.59 Å². The van der Waals surface area contributed by atoms with E-state index < -0.39 is 5.97 Å². The van der Waals surface area contributed by atoms with Crippen molar-refractivity contribution >= 4 is 12.0 Å². The van der Waals surface area contributed by atoms with Crippen LogP contribution in [0.15, 0.2) is 16.5 Å². The van der Waals surface area contributed by atoms with Crippen molar-refractivity contribution in [1.82, 2.24) is 15.1 Å². The summed E-state index contributed by atoms with van der Waals surface area (Å²) < 4.78 is 5.10. The number of amides is 2. The molecular weight excluding hydrogens is 274 g/mol. The molecule has 0 saturated carbocycles. The molecule has 1 aromatic rings. The number of nitrogens with one attached hydrogen (secondary N) is 1. The zero-order chi connectivity index (χ0) is 15.4. The van der Waals surface area contributed by atoms with E-state index in [1.165, 1.54) is 6.07 Å². The lowest BCUT2D eigenvalue weighted by atomic mass is 10.1. The Balaban J connectivity index is 1.85. The zero-order valence-corrected chi connectivity index (χ0v) is 12.3. The van der Waals surface area contributed by atoms with E-state index in [2.05, 4.69) is 24.2 Å². The van der Waals surface area contributed by atoms with Crippen molar-refractivity contribution in [3.05, 3.63) is 23.7 Å². The highest BCUT2D eigenvalue weighted by Gasteiger charge is 2.26. The number of hydrogen-bond donors (Lipinski definition) is 2. The fourth-order valence-electron chi connectivity index (χ4n) is 2.43. The van der Waals surface area contributed by atoms with Crippen molar-refractivity contribution in [3.8, 4) is 0 Å². The number of carboxylic acid groups (broad SMARTS) is 1. The molecule has 1 atom stereocenters. The number of carbonyl (C=O) groups excluding carboxylic acids is 1. The predicted molar refractivity (Wildman–Crippen MR) is 76.2 cm³/mol. The van der Waals surface area contributed by atoms with Crippen LogP contribution in [0.2, 0.25) is 0 Å². The molecule has 2 amide bonds. The van der Waals surface area contributed by atoms with E-state index in [0.717, 1.165) is 13.0 Å². The fraction of sp³-hybridized carbons (Fsp3) is 0.571. The molecule has 21 heavy (non-hydrogen) atoms. The van der Waals surface area contributed by atoms with Crippen molar-refractivity contribution in [2.24, 2.45) is 0 Å². The maximum atomic E-state index is 12.1. The van der Waals surface area contributed by atoms with Crippen LogP contribution >= 0.6 is 0 Å². The van der Waals surface area contributed by atoms with Gasteiger partial charge in [0.05, 0.1) is 6.54 Å². The van der Waals surface area contributed by atoms with Crippen LogP contribution in [0.4, 0.5) is 4.79 Å². The lowest BCUT2D eigenvalue weighted by molar-refractivity contribution is 0.0660. The SMILES string of the molecule is CCC1CN(C(=O)NCc2ccc(C(=O)O)o2)CCN1C. The average molecular weight is 295 g/mol. The molecule has 0 bridgehead atoms. The monoisotopic (exact) mass is 295 g/mol. The first kappa shape index (κ1) is 15.4. The van der Waals surface area contributed by atoms with Crippen LogP contribution in [0.25, 0.3) is 0 Å². The van der Waals surface area contributed by atoms with Gasteiger partial charge in [0.15, 0.2) is 0 Å². The summed E-state index contributed by atoms with van der Waals surface area (Å²) in [6.07, 6.45) is 1.00. The minimum Gasteiger partial charge on any atom is -0.475 e. The first-order valence-corrected chi connectivity index (χ1v) is 7.06. The van der Waals surface area contributed by atoms with E-state index in [1.807, 2.05) is 0 Å². The van der Waals surface area contributed by atoms with Gasteiger partial charge in [0.25, 0.3) is 0 Å². The number of urea groups is 1. The van der Waals surface area contributed by atoms with Crippen molar-refractivity contribution < 1.29 is 19.1 Å². The van der Waals surface area contributed by atoms with Gasteiger partial charge in [-0.15, -0.1) is 0 Å². The van der Waals surface area contributed by atoms with Gasteiger partial charge >= 0.3 is 12.0 Å². The second-order valence-electron chi connectivity index (χ2n) is 5.22. The summed E-state index contributed by atoms with van der Waals surface area (Å²) in [6.45, 7) is 4.55. The molecule has 1 aliphatic heterocycles. The first-order valence-electron chi connectivity index (χ1n) is 7.06. The second-order valence-corrected chi connectivity index (χ2v) is 5.22. The lowest BCUT2D eigenvalue weighted by Gasteiger charge is -2.38. The molecule has 0 aliphatic carbocycles. The molecular formula is C14H21N3O4. The number of piperazine rings is 1. The Morgan fingerprint density at radius 2 is 2.19 bits per heavy atom. The summed E-state index contributed by atoms with van der Waals surface area (Å²) in [5.41, 5.74) is 0. The third-order valence-electron chi connectivity index (χ3n) is 3.82. The van der Waals surface area contributed by atoms with Crippen LogP contribution in [-0.4, -0.2) is 59.6 Å². The van der Waals surface area contributed by atoms with Crippen LogP contribution < -0.4 is 5.32 Å². The molecule has 7 nitrogen and oxygen atoms in total. The number of nitrogens with zero attached hydrogens (tertiary/aromatic N) is 2. The number of carbonyl (C=O) groups is 2. The molecule has 1 aliphatic rings. The number of aromatic carboxylic acids is 1. The molecule has 2 N–H and O–H groups in total. The van der Waals surface area contributed by atoms with E-state index >= 15 is 0 Å². The molecule has 0 spiro atoms. The van der Waals surface area contributed by atoms with E-state index in [-0.39, 0.29) is 18.3 Å². The molecule has 116 valence electrons. The number of rotatable bonds is 4. The molecule has 0 aromatic carbocycles. The maximum absolute atomic E-state index is 12.1. The third kappa shape index (κ3) is 3.75. The zero-order valence-electron chi connectivity index (χ0n) is 12.3. The maximum Gasteiger partial charge on any atom is 0.371 e. The fourth-order valence-corrected chi connectivity index (χ4v) is 2.43. The quantitative estimate of drug-likeness (QED) is 0.872. The Kier molecular flexibility index (Phi) is 4.85. The Morgan fingerprint density at radius 3 is 2.81 bits per heavy atom. The smallest absolute Gasteiger partial charge is 0.371 e. The van der Waals surface area contributed by atoms with E-state index in [9.17, 15) is 9.59 Å². The van der Waals surface area contributed by atoms with Crippen molar-refractivity contribution in [2.45, 2.75) is 25.9 Å². The van der Waals surface area contributed by atoms with Gasteiger partial charge in [0.2, 0.25) is 5.76 Å². The standard InChI is InChI=1S/C14H21N3O4/c1-3-10-9-17(7-6-16(10)2)14(20)15-8-11-4-5-12(21-11)13(18)19/h4-5,10H,3,6-9H2,1-2H3,(H,15,20)(H,18,19). The topological polar surface area (TPSA) is 86.0 Å². The second kappa shape index (κ2) is 6.62. The van der Waals surface area contributed by atoms with E-state index in [0.29, 0.717) is 24.9 Å². The number of hydrogen-bond acceptors (Lipinski definition) is 4. The Hall–Kier alpha value is -2.02. The van der Waals surface area contributed by atoms with Crippen LogP contribution in [0.3, 0.4) is 0 Å². The van der Waals surface area contributed by atoms with Crippen LogP contribution in [0.1, 0.15) is 29.7 Å². The van der Waals surface area contributed by atoms with Crippen molar-refractivity contribution in [2.75, 3.05) is 26.7 Å². The molecule has 7 heteroatoms. The van der Waals surface area contributed by atoms with Gasteiger partial charge in [0, 0.05) is 25.7 Å². The highest BCUT2D eigenvalue weighted by molar-refractivity contribution is 5.84. The minimum atomic E-state index is -1.11. The first-order chi connectivity index (χ1) is 10.0. The van der Waals surface area contributed by atoms with Gasteiger partial charge in [-0.2, -0.15) is 0 Å². The van der Waals surface area contributed by atoms with Gasteiger partial charge in [-0.05, 0) is 25.6 Å².